The Morgan fingerprint density at radius 3 is 2.53 bits per heavy atom. The SMILES string of the molecule is COc1cc([C@@H]2Nc3ccccc3C(=O)N2c2ccc(F)cc2)cc([N+](=O)[O-])c1O. The van der Waals surface area contributed by atoms with Gasteiger partial charge in [-0.05, 0) is 42.5 Å². The van der Waals surface area contributed by atoms with Crippen LogP contribution >= 0.6 is 0 Å². The van der Waals surface area contributed by atoms with Crippen LogP contribution in [0.3, 0.4) is 0 Å². The molecule has 30 heavy (non-hydrogen) atoms. The van der Waals surface area contributed by atoms with Gasteiger partial charge in [0.25, 0.3) is 5.91 Å². The number of methoxy groups -OCH3 is 1. The molecule has 0 radical (unpaired) electrons. The minimum Gasteiger partial charge on any atom is -0.500 e. The third-order valence-corrected chi connectivity index (χ3v) is 4.84. The van der Waals surface area contributed by atoms with Crippen LogP contribution in [0, 0.1) is 15.9 Å². The molecule has 0 aromatic heterocycles. The van der Waals surface area contributed by atoms with Crippen molar-refractivity contribution >= 4 is 23.0 Å². The van der Waals surface area contributed by atoms with E-state index < -0.39 is 28.3 Å². The lowest BCUT2D eigenvalue weighted by Gasteiger charge is -2.38. The highest BCUT2D eigenvalue weighted by Gasteiger charge is 2.36. The summed E-state index contributed by atoms with van der Waals surface area (Å²) < 4.78 is 18.5. The lowest BCUT2D eigenvalue weighted by molar-refractivity contribution is -0.386. The van der Waals surface area contributed by atoms with E-state index in [1.807, 2.05) is 0 Å². The lowest BCUT2D eigenvalue weighted by atomic mass is 10.0. The quantitative estimate of drug-likeness (QED) is 0.494. The summed E-state index contributed by atoms with van der Waals surface area (Å²) in [4.78, 5) is 25.4. The summed E-state index contributed by atoms with van der Waals surface area (Å²) in [6.45, 7) is 0. The van der Waals surface area contributed by atoms with Crippen molar-refractivity contribution in [2.45, 2.75) is 6.17 Å². The number of nitrogens with zero attached hydrogens (tertiary/aromatic N) is 2. The summed E-state index contributed by atoms with van der Waals surface area (Å²) in [5.74, 6) is -1.54. The Hall–Kier alpha value is -4.14. The number of hydrogen-bond donors (Lipinski definition) is 2. The minimum absolute atomic E-state index is 0.105. The second-order valence-corrected chi connectivity index (χ2v) is 6.59. The highest BCUT2D eigenvalue weighted by molar-refractivity contribution is 6.12. The Bertz CT molecular complexity index is 1150. The highest BCUT2D eigenvalue weighted by atomic mass is 19.1. The molecule has 0 saturated heterocycles. The summed E-state index contributed by atoms with van der Waals surface area (Å²) in [5.41, 5.74) is 1.09. The first-order valence-electron chi connectivity index (χ1n) is 8.90. The van der Waals surface area contributed by atoms with Crippen LogP contribution in [0.15, 0.2) is 60.7 Å². The van der Waals surface area contributed by atoms with Crippen molar-refractivity contribution in [2.24, 2.45) is 0 Å². The first-order valence-corrected chi connectivity index (χ1v) is 8.90. The standard InChI is InChI=1S/C21H16FN3O5/c1-30-18-11-12(10-17(19(18)26)25(28)29)20-23-16-5-3-2-4-15(16)21(27)24(20)14-8-6-13(22)7-9-14/h2-11,20,23,26H,1H3/t20-/m1/s1. The molecule has 4 rings (SSSR count). The summed E-state index contributed by atoms with van der Waals surface area (Å²) in [6, 6.07) is 14.8. The van der Waals surface area contributed by atoms with Crippen molar-refractivity contribution in [1.82, 2.24) is 0 Å². The monoisotopic (exact) mass is 409 g/mol. The van der Waals surface area contributed by atoms with Gasteiger partial charge >= 0.3 is 5.69 Å². The van der Waals surface area contributed by atoms with Crippen molar-refractivity contribution in [3.05, 3.63) is 87.7 Å². The number of para-hydroxylation sites is 1. The number of aromatic hydroxyl groups is 1. The predicted molar refractivity (Wildman–Crippen MR) is 107 cm³/mol. The van der Waals surface area contributed by atoms with Crippen molar-refractivity contribution in [2.75, 3.05) is 17.3 Å². The second kappa shape index (κ2) is 7.36. The number of nitro groups is 1. The van der Waals surface area contributed by atoms with Crippen LogP contribution in [0.1, 0.15) is 22.1 Å². The maximum absolute atomic E-state index is 13.5. The maximum atomic E-state index is 13.5. The fraction of sp³-hybridized carbons (Fsp3) is 0.0952. The number of hydrogen-bond acceptors (Lipinski definition) is 6. The molecule has 3 aromatic rings. The molecule has 9 heteroatoms. The number of amides is 1. The number of benzene rings is 3. The number of carbonyl (C=O) groups excluding carboxylic acids is 1. The van der Waals surface area contributed by atoms with Gasteiger partial charge in [0.2, 0.25) is 5.75 Å². The molecule has 3 aromatic carbocycles. The third-order valence-electron chi connectivity index (χ3n) is 4.84. The molecule has 1 aliphatic rings. The van der Waals surface area contributed by atoms with Gasteiger partial charge < -0.3 is 15.2 Å². The molecular weight excluding hydrogens is 393 g/mol. The van der Waals surface area contributed by atoms with Crippen molar-refractivity contribution < 1.29 is 24.0 Å². The molecule has 8 nitrogen and oxygen atoms in total. The van der Waals surface area contributed by atoms with Gasteiger partial charge in [0.05, 0.1) is 17.6 Å². The lowest BCUT2D eigenvalue weighted by Crippen LogP contribution is -2.43. The van der Waals surface area contributed by atoms with E-state index in [9.17, 15) is 24.4 Å². The van der Waals surface area contributed by atoms with Crippen LogP contribution in [-0.4, -0.2) is 23.0 Å². The number of anilines is 2. The summed E-state index contributed by atoms with van der Waals surface area (Å²) in [5, 5.41) is 24.7. The molecular formula is C21H16FN3O5. The Balaban J connectivity index is 1.92. The topological polar surface area (TPSA) is 105 Å². The first-order chi connectivity index (χ1) is 14.4. The normalized spacial score (nSPS) is 15.3. The molecule has 2 N–H and O–H groups in total. The molecule has 1 atom stereocenters. The van der Waals surface area contributed by atoms with Gasteiger partial charge in [-0.1, -0.05) is 12.1 Å². The number of fused-ring (bicyclic) bond motifs is 1. The number of phenolic OH excluding ortho intramolecular Hbond substituents is 1. The zero-order valence-corrected chi connectivity index (χ0v) is 15.7. The smallest absolute Gasteiger partial charge is 0.315 e. The van der Waals surface area contributed by atoms with Gasteiger partial charge in [0, 0.05) is 23.0 Å². The number of carbonyl (C=O) groups is 1. The molecule has 0 unspecified atom stereocenters. The second-order valence-electron chi connectivity index (χ2n) is 6.59. The summed E-state index contributed by atoms with van der Waals surface area (Å²) >= 11 is 0. The summed E-state index contributed by atoms with van der Waals surface area (Å²) in [6.07, 6.45) is -0.869. The molecule has 152 valence electrons. The van der Waals surface area contributed by atoms with E-state index in [0.29, 0.717) is 22.5 Å². The Morgan fingerprint density at radius 2 is 1.87 bits per heavy atom. The highest BCUT2D eigenvalue weighted by Crippen LogP contribution is 2.42. The number of halogens is 1. The van der Waals surface area contributed by atoms with E-state index in [1.165, 1.54) is 48.4 Å². The van der Waals surface area contributed by atoms with Gasteiger partial charge in [-0.25, -0.2) is 4.39 Å². The minimum atomic E-state index is -0.869. The average Bonchev–Trinajstić information content (AvgIpc) is 2.74. The molecule has 0 saturated carbocycles. The first kappa shape index (κ1) is 19.2. The van der Waals surface area contributed by atoms with Crippen molar-refractivity contribution in [3.8, 4) is 11.5 Å². The van der Waals surface area contributed by atoms with E-state index >= 15 is 0 Å². The zero-order valence-electron chi connectivity index (χ0n) is 15.7. The molecule has 1 heterocycles. The van der Waals surface area contributed by atoms with E-state index in [1.54, 1.807) is 24.3 Å². The largest absolute Gasteiger partial charge is 0.500 e. The predicted octanol–water partition coefficient (Wildman–Crippen LogP) is 4.22. The number of nitrogens with one attached hydrogen (secondary N) is 1. The van der Waals surface area contributed by atoms with E-state index in [0.717, 1.165) is 0 Å². The van der Waals surface area contributed by atoms with Crippen LogP contribution < -0.4 is 15.0 Å². The number of phenols is 1. The van der Waals surface area contributed by atoms with Crippen LogP contribution in [0.5, 0.6) is 11.5 Å². The molecule has 0 bridgehead atoms. The number of nitro benzene ring substituents is 1. The molecule has 0 fully saturated rings. The molecule has 0 spiro atoms. The number of rotatable bonds is 4. The number of ether oxygens (including phenoxy) is 1. The molecule has 1 amide bonds. The van der Waals surface area contributed by atoms with Gasteiger partial charge in [-0.15, -0.1) is 0 Å². The van der Waals surface area contributed by atoms with Gasteiger partial charge in [0.15, 0.2) is 5.75 Å². The van der Waals surface area contributed by atoms with Crippen molar-refractivity contribution in [1.29, 1.82) is 0 Å². The molecule has 0 aliphatic carbocycles. The maximum Gasteiger partial charge on any atom is 0.315 e. The zero-order chi connectivity index (χ0) is 21.4. The van der Waals surface area contributed by atoms with Gasteiger partial charge in [-0.2, -0.15) is 0 Å². The summed E-state index contributed by atoms with van der Waals surface area (Å²) in [7, 11) is 1.27. The fourth-order valence-electron chi connectivity index (χ4n) is 3.42. The van der Waals surface area contributed by atoms with E-state index in [-0.39, 0.29) is 11.7 Å². The van der Waals surface area contributed by atoms with E-state index in [4.69, 9.17) is 4.74 Å². The Kier molecular flexibility index (Phi) is 4.71. The van der Waals surface area contributed by atoms with Crippen LogP contribution in [0.25, 0.3) is 0 Å². The fourth-order valence-corrected chi connectivity index (χ4v) is 3.42. The van der Waals surface area contributed by atoms with Crippen LogP contribution in [-0.2, 0) is 0 Å². The van der Waals surface area contributed by atoms with Crippen LogP contribution in [0.4, 0.5) is 21.5 Å². The van der Waals surface area contributed by atoms with Crippen LogP contribution in [0.2, 0.25) is 0 Å². The van der Waals surface area contributed by atoms with Gasteiger partial charge in [-0.3, -0.25) is 19.8 Å². The third kappa shape index (κ3) is 3.16. The van der Waals surface area contributed by atoms with E-state index in [2.05, 4.69) is 5.32 Å². The van der Waals surface area contributed by atoms with Gasteiger partial charge in [0.1, 0.15) is 12.0 Å². The average molecular weight is 409 g/mol. The Labute approximate surface area is 170 Å². The Morgan fingerprint density at radius 1 is 1.17 bits per heavy atom. The molecule has 1 aliphatic heterocycles. The van der Waals surface area contributed by atoms with Crippen molar-refractivity contribution in [3.63, 3.8) is 0 Å².